The van der Waals surface area contributed by atoms with E-state index >= 15 is 0 Å². The van der Waals surface area contributed by atoms with Crippen LogP contribution in [0.25, 0.3) is 0 Å². The topological polar surface area (TPSA) is 110 Å². The number of ether oxygens (including phenoxy) is 2. The number of carbonyl (C=O) groups is 1. The Hall–Kier alpha value is -1.70. The maximum absolute atomic E-state index is 12.1. The summed E-state index contributed by atoms with van der Waals surface area (Å²) in [5.74, 6) is 0.309. The molecule has 4 saturated carbocycles. The molecule has 5 fully saturated rings. The van der Waals surface area contributed by atoms with Gasteiger partial charge < -0.3 is 24.1 Å². The zero-order chi connectivity index (χ0) is 23.3. The third-order valence-electron chi connectivity index (χ3n) is 10.6. The molecule has 1 aliphatic heterocycles. The van der Waals surface area contributed by atoms with Gasteiger partial charge in [-0.05, 0) is 73.3 Å². The van der Waals surface area contributed by atoms with E-state index in [4.69, 9.17) is 13.9 Å². The van der Waals surface area contributed by atoms with Crippen LogP contribution in [0.1, 0.15) is 70.8 Å². The first-order chi connectivity index (χ1) is 15.6. The van der Waals surface area contributed by atoms with Crippen molar-refractivity contribution in [3.8, 4) is 0 Å². The maximum Gasteiger partial charge on any atom is 0.335 e. The van der Waals surface area contributed by atoms with Crippen LogP contribution in [0.5, 0.6) is 0 Å². The highest BCUT2D eigenvalue weighted by atomic mass is 16.7. The van der Waals surface area contributed by atoms with Crippen molar-refractivity contribution in [2.24, 2.45) is 28.6 Å². The molecule has 0 aromatic carbocycles. The fourth-order valence-corrected chi connectivity index (χ4v) is 9.06. The summed E-state index contributed by atoms with van der Waals surface area (Å²) < 4.78 is 17.6. The second-order valence-electron chi connectivity index (χ2n) is 11.7. The summed E-state index contributed by atoms with van der Waals surface area (Å²) in [6.45, 7) is 5.83. The number of fused-ring (bicyclic) bond motifs is 3. The van der Waals surface area contributed by atoms with E-state index < -0.39 is 28.8 Å². The number of hydrogen-bond acceptors (Lipinski definition) is 7. The van der Waals surface area contributed by atoms with E-state index in [9.17, 15) is 19.8 Å². The molecule has 0 radical (unpaired) electrons. The Bertz CT molecular complexity index is 1020. The molecule has 1 spiro atoms. The molecule has 7 nitrogen and oxygen atoms in total. The monoisotopic (exact) mass is 458 g/mol. The average molecular weight is 459 g/mol. The van der Waals surface area contributed by atoms with Crippen molar-refractivity contribution in [3.05, 3.63) is 34.4 Å². The maximum atomic E-state index is 12.1. The molecule has 1 saturated heterocycles. The lowest BCUT2D eigenvalue weighted by Gasteiger charge is -2.62. The Morgan fingerprint density at radius 2 is 1.91 bits per heavy atom. The second kappa shape index (κ2) is 6.92. The first-order valence-electron chi connectivity index (χ1n) is 12.4. The highest BCUT2D eigenvalue weighted by molar-refractivity contribution is 5.67. The first kappa shape index (κ1) is 21.8. The third-order valence-corrected chi connectivity index (χ3v) is 10.6. The summed E-state index contributed by atoms with van der Waals surface area (Å²) in [5, 5.41) is 22.1. The smallest absolute Gasteiger partial charge is 0.335 e. The second-order valence-corrected chi connectivity index (χ2v) is 11.7. The van der Waals surface area contributed by atoms with Crippen molar-refractivity contribution in [1.29, 1.82) is 0 Å². The number of aliphatic hydroxyl groups excluding tert-OH is 2. The summed E-state index contributed by atoms with van der Waals surface area (Å²) in [6.07, 6.45) is 5.07. The van der Waals surface area contributed by atoms with Gasteiger partial charge in [-0.3, -0.25) is 4.79 Å². The molecule has 33 heavy (non-hydrogen) atoms. The zero-order valence-electron chi connectivity index (χ0n) is 19.5. The summed E-state index contributed by atoms with van der Waals surface area (Å²) in [6, 6.07) is 3.12. The Morgan fingerprint density at radius 1 is 1.12 bits per heavy atom. The van der Waals surface area contributed by atoms with Crippen LogP contribution in [0.15, 0.2) is 27.6 Å². The Balaban J connectivity index is 1.44. The average Bonchev–Trinajstić information content (AvgIpc) is 3.46. The van der Waals surface area contributed by atoms with Crippen molar-refractivity contribution < 1.29 is 28.9 Å². The highest BCUT2D eigenvalue weighted by Gasteiger charge is 2.86. The van der Waals surface area contributed by atoms with E-state index in [1.807, 2.05) is 0 Å². The molecule has 6 rings (SSSR count). The number of epoxide rings is 1. The van der Waals surface area contributed by atoms with Crippen LogP contribution < -0.4 is 5.63 Å². The number of esters is 1. The molecule has 1 aromatic rings. The van der Waals surface area contributed by atoms with Gasteiger partial charge in [-0.15, -0.1) is 0 Å². The Morgan fingerprint density at radius 3 is 2.61 bits per heavy atom. The van der Waals surface area contributed by atoms with E-state index in [1.54, 1.807) is 6.07 Å². The summed E-state index contributed by atoms with van der Waals surface area (Å²) in [4.78, 5) is 23.7. The molecule has 5 aliphatic rings. The number of carbonyl (C=O) groups excluding carboxylic acids is 1. The molecule has 1 aromatic heterocycles. The van der Waals surface area contributed by atoms with Gasteiger partial charge in [-0.1, -0.05) is 13.8 Å². The standard InChI is InChI=1S/C26H34O7/c1-13(27)32-22-21(14-4-7-20(30)31-12-14)25(3)19(29)11-18-17(26(25)23(22)33-26)6-5-15-10-16(28)8-9-24(15,18)2/h4,7,12,15-19,21-23,28-29H,5-6,8-11H2,1-3H3/t15-,16-,17+,18-,19-,21-,22+,23+,24-,25+,26+/m0/s1. The van der Waals surface area contributed by atoms with E-state index in [2.05, 4.69) is 13.8 Å². The lowest BCUT2D eigenvalue weighted by atomic mass is 9.43. The van der Waals surface area contributed by atoms with Gasteiger partial charge in [0.2, 0.25) is 0 Å². The van der Waals surface area contributed by atoms with Gasteiger partial charge in [0.15, 0.2) is 0 Å². The van der Waals surface area contributed by atoms with Gasteiger partial charge in [-0.2, -0.15) is 0 Å². The predicted molar refractivity (Wildman–Crippen MR) is 117 cm³/mol. The van der Waals surface area contributed by atoms with Crippen LogP contribution in [0.4, 0.5) is 0 Å². The molecular weight excluding hydrogens is 424 g/mol. The van der Waals surface area contributed by atoms with Crippen molar-refractivity contribution in [1.82, 2.24) is 0 Å². The number of hydrogen-bond donors (Lipinski definition) is 2. The van der Waals surface area contributed by atoms with Gasteiger partial charge in [0.25, 0.3) is 0 Å². The third kappa shape index (κ3) is 2.67. The quantitative estimate of drug-likeness (QED) is 0.518. The van der Waals surface area contributed by atoms with Gasteiger partial charge in [-0.25, -0.2) is 4.79 Å². The van der Waals surface area contributed by atoms with Crippen molar-refractivity contribution in [2.45, 2.75) is 95.2 Å². The molecule has 2 N–H and O–H groups in total. The predicted octanol–water partition coefficient (Wildman–Crippen LogP) is 2.77. The molecule has 0 amide bonds. The Kier molecular flexibility index (Phi) is 4.57. The van der Waals surface area contributed by atoms with E-state index in [-0.39, 0.29) is 35.4 Å². The molecule has 11 atom stereocenters. The molecule has 4 aliphatic carbocycles. The molecule has 7 heteroatoms. The first-order valence-corrected chi connectivity index (χ1v) is 12.4. The normalized spacial score (nSPS) is 52.2. The van der Waals surface area contributed by atoms with E-state index in [0.717, 1.165) is 37.7 Å². The fraction of sp³-hybridized carbons (Fsp3) is 0.769. The lowest BCUT2D eigenvalue weighted by Crippen LogP contribution is -2.63. The number of aliphatic hydroxyl groups is 2. The highest BCUT2D eigenvalue weighted by Crippen LogP contribution is 2.78. The van der Waals surface area contributed by atoms with Crippen LogP contribution in [0.2, 0.25) is 0 Å². The van der Waals surface area contributed by atoms with Crippen molar-refractivity contribution >= 4 is 5.97 Å². The molecule has 0 bridgehead atoms. The van der Waals surface area contributed by atoms with Crippen LogP contribution in [-0.4, -0.2) is 46.2 Å². The molecular formula is C26H34O7. The fourth-order valence-electron chi connectivity index (χ4n) is 9.06. The largest absolute Gasteiger partial charge is 0.459 e. The van der Waals surface area contributed by atoms with Gasteiger partial charge >= 0.3 is 11.6 Å². The van der Waals surface area contributed by atoms with Crippen LogP contribution in [0, 0.1) is 28.6 Å². The van der Waals surface area contributed by atoms with Gasteiger partial charge in [0.1, 0.15) is 17.8 Å². The SMILES string of the molecule is CC(=O)O[C@H]1[C@H]2O[C@]23[C@@H]2CC[C@H]4C[C@@H](O)CC[C@]4(C)[C@H]2C[C@H](O)[C@]3(C)[C@H]1c1ccc(=O)oc1. The minimum absolute atomic E-state index is 0.0598. The molecule has 0 unspecified atom stereocenters. The Labute approximate surface area is 193 Å². The van der Waals surface area contributed by atoms with E-state index in [0.29, 0.717) is 18.3 Å². The van der Waals surface area contributed by atoms with Gasteiger partial charge in [0, 0.05) is 24.3 Å². The minimum atomic E-state index is -0.670. The summed E-state index contributed by atoms with van der Waals surface area (Å²) >= 11 is 0. The van der Waals surface area contributed by atoms with Crippen molar-refractivity contribution in [2.75, 3.05) is 0 Å². The summed E-state index contributed by atoms with van der Waals surface area (Å²) in [7, 11) is 0. The zero-order valence-corrected chi connectivity index (χ0v) is 19.5. The number of rotatable bonds is 2. The van der Waals surface area contributed by atoms with E-state index in [1.165, 1.54) is 19.3 Å². The van der Waals surface area contributed by atoms with Crippen LogP contribution >= 0.6 is 0 Å². The van der Waals surface area contributed by atoms with Crippen LogP contribution in [-0.2, 0) is 14.3 Å². The molecule has 180 valence electrons. The van der Waals surface area contributed by atoms with Gasteiger partial charge in [0.05, 0.1) is 18.5 Å². The summed E-state index contributed by atoms with van der Waals surface area (Å²) in [5.41, 5.74) is -0.852. The minimum Gasteiger partial charge on any atom is -0.459 e. The molecule has 2 heterocycles. The van der Waals surface area contributed by atoms with Crippen LogP contribution in [0.3, 0.4) is 0 Å². The lowest BCUT2D eigenvalue weighted by molar-refractivity contribution is -0.190. The van der Waals surface area contributed by atoms with Crippen molar-refractivity contribution in [3.63, 3.8) is 0 Å².